The lowest BCUT2D eigenvalue weighted by Crippen LogP contribution is -2.52. The third-order valence-corrected chi connectivity index (χ3v) is 5.32. The molecule has 3 heteroatoms. The van der Waals surface area contributed by atoms with Crippen LogP contribution in [0, 0.1) is 5.41 Å². The van der Waals surface area contributed by atoms with E-state index in [0.717, 1.165) is 6.54 Å². The minimum Gasteiger partial charge on any atom is -0.371 e. The van der Waals surface area contributed by atoms with Gasteiger partial charge in [0.2, 0.25) is 0 Å². The third kappa shape index (κ3) is 3.32. The Balaban J connectivity index is 1.54. The predicted octanol–water partition coefficient (Wildman–Crippen LogP) is 2.41. The summed E-state index contributed by atoms with van der Waals surface area (Å²) >= 11 is 0. The van der Waals surface area contributed by atoms with Crippen molar-refractivity contribution in [2.45, 2.75) is 64.1 Å². The molecule has 0 amide bonds. The van der Waals surface area contributed by atoms with Gasteiger partial charge >= 0.3 is 0 Å². The van der Waals surface area contributed by atoms with Crippen molar-refractivity contribution in [2.24, 2.45) is 5.41 Å². The van der Waals surface area contributed by atoms with Gasteiger partial charge < -0.3 is 15.0 Å². The lowest BCUT2D eigenvalue weighted by molar-refractivity contribution is -0.0409. The smallest absolute Gasteiger partial charge is 0.0710 e. The Hall–Kier alpha value is -0.120. The van der Waals surface area contributed by atoms with E-state index in [-0.39, 0.29) is 5.60 Å². The molecule has 3 heterocycles. The first-order valence-corrected chi connectivity index (χ1v) is 8.18. The number of likely N-dealkylation sites (tertiary alicyclic amines) is 1. The van der Waals surface area contributed by atoms with Gasteiger partial charge in [0.05, 0.1) is 11.7 Å². The van der Waals surface area contributed by atoms with E-state index in [1.807, 2.05) is 0 Å². The molecule has 0 aromatic heterocycles. The van der Waals surface area contributed by atoms with Crippen LogP contribution < -0.4 is 5.32 Å². The second-order valence-corrected chi connectivity index (χ2v) is 7.66. The van der Waals surface area contributed by atoms with Crippen molar-refractivity contribution in [2.75, 3.05) is 32.7 Å². The van der Waals surface area contributed by atoms with Gasteiger partial charge in [-0.15, -0.1) is 0 Å². The van der Waals surface area contributed by atoms with Crippen LogP contribution in [0.25, 0.3) is 0 Å². The largest absolute Gasteiger partial charge is 0.371 e. The molecule has 0 aromatic carbocycles. The number of piperidine rings is 2. The first-order chi connectivity index (χ1) is 9.07. The molecule has 3 saturated heterocycles. The van der Waals surface area contributed by atoms with Gasteiger partial charge in [0.15, 0.2) is 0 Å². The highest BCUT2D eigenvalue weighted by molar-refractivity contribution is 4.93. The SMILES string of the molecule is CC1(C)CCC(CN2CCCC3(CCCNC3)C2)O1. The van der Waals surface area contributed by atoms with Gasteiger partial charge in [0, 0.05) is 19.6 Å². The van der Waals surface area contributed by atoms with Crippen LogP contribution in [0.3, 0.4) is 0 Å². The van der Waals surface area contributed by atoms with Crippen molar-refractivity contribution in [3.63, 3.8) is 0 Å². The molecule has 3 aliphatic rings. The minimum atomic E-state index is 0.116. The molecule has 3 aliphatic heterocycles. The van der Waals surface area contributed by atoms with Crippen LogP contribution in [0.5, 0.6) is 0 Å². The number of ether oxygens (including phenoxy) is 1. The first kappa shape index (κ1) is 13.8. The normalized spacial score (nSPS) is 39.8. The van der Waals surface area contributed by atoms with Crippen LogP contribution in [-0.4, -0.2) is 49.3 Å². The second kappa shape index (κ2) is 5.34. The highest BCUT2D eigenvalue weighted by atomic mass is 16.5. The highest BCUT2D eigenvalue weighted by Gasteiger charge is 2.38. The first-order valence-electron chi connectivity index (χ1n) is 8.18. The zero-order chi connectivity index (χ0) is 13.3. The van der Waals surface area contributed by atoms with Gasteiger partial charge in [-0.3, -0.25) is 0 Å². The Morgan fingerprint density at radius 1 is 1.21 bits per heavy atom. The summed E-state index contributed by atoms with van der Waals surface area (Å²) in [6.07, 6.45) is 8.52. The maximum Gasteiger partial charge on any atom is 0.0710 e. The van der Waals surface area contributed by atoms with E-state index in [1.54, 1.807) is 0 Å². The van der Waals surface area contributed by atoms with Crippen molar-refractivity contribution in [3.05, 3.63) is 0 Å². The topological polar surface area (TPSA) is 24.5 Å². The van der Waals surface area contributed by atoms with Crippen molar-refractivity contribution < 1.29 is 4.74 Å². The molecule has 110 valence electrons. The van der Waals surface area contributed by atoms with Gasteiger partial charge in [0.25, 0.3) is 0 Å². The van der Waals surface area contributed by atoms with Crippen LogP contribution >= 0.6 is 0 Å². The molecule has 0 aliphatic carbocycles. The molecule has 3 fully saturated rings. The molecular formula is C16H30N2O. The standard InChI is InChI=1S/C16H30N2O/c1-15(2)8-5-14(19-15)11-18-10-4-7-16(13-18)6-3-9-17-12-16/h14,17H,3-13H2,1-2H3. The fourth-order valence-corrected chi connectivity index (χ4v) is 4.34. The molecule has 0 bridgehead atoms. The zero-order valence-electron chi connectivity index (χ0n) is 12.7. The predicted molar refractivity (Wildman–Crippen MR) is 78.4 cm³/mol. The number of hydrogen-bond donors (Lipinski definition) is 1. The van der Waals surface area contributed by atoms with Crippen LogP contribution in [0.2, 0.25) is 0 Å². The molecule has 0 aromatic rings. The number of nitrogens with one attached hydrogen (secondary N) is 1. The van der Waals surface area contributed by atoms with Crippen molar-refractivity contribution in [1.82, 2.24) is 10.2 Å². The van der Waals surface area contributed by atoms with Crippen LogP contribution in [0.15, 0.2) is 0 Å². The van der Waals surface area contributed by atoms with Crippen LogP contribution in [0.1, 0.15) is 52.4 Å². The number of hydrogen-bond acceptors (Lipinski definition) is 3. The van der Waals surface area contributed by atoms with E-state index in [9.17, 15) is 0 Å². The highest BCUT2D eigenvalue weighted by Crippen LogP contribution is 2.37. The van der Waals surface area contributed by atoms with Crippen LogP contribution in [-0.2, 0) is 4.74 Å². The molecule has 1 spiro atoms. The summed E-state index contributed by atoms with van der Waals surface area (Å²) in [5.74, 6) is 0. The van der Waals surface area contributed by atoms with Crippen molar-refractivity contribution in [1.29, 1.82) is 0 Å². The van der Waals surface area contributed by atoms with Gasteiger partial charge in [-0.25, -0.2) is 0 Å². The number of nitrogens with zero attached hydrogens (tertiary/aromatic N) is 1. The summed E-state index contributed by atoms with van der Waals surface area (Å²) in [6.45, 7) is 10.7. The maximum absolute atomic E-state index is 6.17. The molecular weight excluding hydrogens is 236 g/mol. The van der Waals surface area contributed by atoms with E-state index in [0.29, 0.717) is 11.5 Å². The fourth-order valence-electron chi connectivity index (χ4n) is 4.34. The van der Waals surface area contributed by atoms with E-state index in [1.165, 1.54) is 64.7 Å². The number of rotatable bonds is 2. The van der Waals surface area contributed by atoms with E-state index >= 15 is 0 Å². The monoisotopic (exact) mass is 266 g/mol. The Kier molecular flexibility index (Phi) is 3.89. The fraction of sp³-hybridized carbons (Fsp3) is 1.00. The third-order valence-electron chi connectivity index (χ3n) is 5.32. The maximum atomic E-state index is 6.17. The quantitative estimate of drug-likeness (QED) is 0.830. The summed E-state index contributed by atoms with van der Waals surface area (Å²) in [6, 6.07) is 0. The lowest BCUT2D eigenvalue weighted by atomic mass is 9.74. The van der Waals surface area contributed by atoms with Gasteiger partial charge in [0.1, 0.15) is 0 Å². The summed E-state index contributed by atoms with van der Waals surface area (Å²) in [5, 5.41) is 3.61. The molecule has 3 rings (SSSR count). The Bertz CT molecular complexity index is 304. The summed E-state index contributed by atoms with van der Waals surface area (Å²) in [7, 11) is 0. The van der Waals surface area contributed by atoms with Crippen molar-refractivity contribution in [3.8, 4) is 0 Å². The minimum absolute atomic E-state index is 0.116. The van der Waals surface area contributed by atoms with Crippen LogP contribution in [0.4, 0.5) is 0 Å². The van der Waals surface area contributed by atoms with Gasteiger partial charge in [-0.2, -0.15) is 0 Å². The molecule has 0 radical (unpaired) electrons. The average Bonchev–Trinajstić information content (AvgIpc) is 2.70. The average molecular weight is 266 g/mol. The molecule has 19 heavy (non-hydrogen) atoms. The Morgan fingerprint density at radius 3 is 2.74 bits per heavy atom. The molecule has 3 nitrogen and oxygen atoms in total. The second-order valence-electron chi connectivity index (χ2n) is 7.66. The van der Waals surface area contributed by atoms with E-state index in [2.05, 4.69) is 24.1 Å². The zero-order valence-corrected chi connectivity index (χ0v) is 12.7. The molecule has 0 saturated carbocycles. The van der Waals surface area contributed by atoms with Crippen molar-refractivity contribution >= 4 is 0 Å². The summed E-state index contributed by atoms with van der Waals surface area (Å²) < 4.78 is 6.17. The van der Waals surface area contributed by atoms with Gasteiger partial charge in [-0.1, -0.05) is 0 Å². The van der Waals surface area contributed by atoms with E-state index < -0.39 is 0 Å². The lowest BCUT2D eigenvalue weighted by Gasteiger charge is -2.46. The summed E-state index contributed by atoms with van der Waals surface area (Å²) in [4.78, 5) is 2.68. The Morgan fingerprint density at radius 2 is 2.05 bits per heavy atom. The van der Waals surface area contributed by atoms with Gasteiger partial charge in [-0.05, 0) is 70.9 Å². The van der Waals surface area contributed by atoms with E-state index in [4.69, 9.17) is 4.74 Å². The molecule has 2 atom stereocenters. The summed E-state index contributed by atoms with van der Waals surface area (Å²) in [5.41, 5.74) is 0.690. The Labute approximate surface area is 118 Å². The molecule has 2 unspecified atom stereocenters. The molecule has 1 N–H and O–H groups in total.